The summed E-state index contributed by atoms with van der Waals surface area (Å²) in [7, 11) is -3.65. The van der Waals surface area contributed by atoms with Crippen LogP contribution in [0.1, 0.15) is 0 Å². The molecule has 0 aliphatic carbocycles. The molecule has 27 heteroatoms. The number of hydrogen-bond acceptors (Lipinski definition) is 3. The zero-order valence-corrected chi connectivity index (χ0v) is 19.5. The monoisotopic (exact) mass is 691 g/mol. The Hall–Kier alpha value is -1.67. The lowest BCUT2D eigenvalue weighted by molar-refractivity contribution is -0.465. The van der Waals surface area contributed by atoms with Gasteiger partial charge in [0.05, 0.1) is 0 Å². The van der Waals surface area contributed by atoms with Gasteiger partial charge >= 0.3 is 63.4 Å². The summed E-state index contributed by atoms with van der Waals surface area (Å²) in [6.45, 7) is 0. The quantitative estimate of drug-likeness (QED) is 0.186. The van der Waals surface area contributed by atoms with E-state index in [9.17, 15) is 105 Å². The predicted molar refractivity (Wildman–Crippen MR) is 86.9 cm³/mol. The molecular weight excluding hydrogens is 680 g/mol. The molecule has 4 nitrogen and oxygen atoms in total. The average Bonchev–Trinajstić information content (AvgIpc) is 2.76. The van der Waals surface area contributed by atoms with Crippen LogP contribution in [0.3, 0.4) is 0 Å². The van der Waals surface area contributed by atoms with Gasteiger partial charge in [0.15, 0.2) is 0 Å². The Bertz CT molecular complexity index is 995. The van der Waals surface area contributed by atoms with Crippen LogP contribution >= 0.6 is 0 Å². The number of hydrogen-bond donors (Lipinski definition) is 2. The third kappa shape index (κ3) is 5.93. The van der Waals surface area contributed by atoms with E-state index in [-0.39, 0.29) is 0 Å². The van der Waals surface area contributed by atoms with Gasteiger partial charge in [-0.3, -0.25) is 4.55 Å². The van der Waals surface area contributed by atoms with Crippen molar-refractivity contribution in [2.24, 2.45) is 0 Å². The predicted octanol–water partition coefficient (Wildman–Crippen LogP) is 6.33. The van der Waals surface area contributed by atoms with Crippen LogP contribution in [0.4, 0.5) is 96.6 Å². The molecule has 250 valence electrons. The zero-order valence-electron chi connectivity index (χ0n) is 18.7. The lowest BCUT2D eigenvalue weighted by Gasteiger charge is -2.44. The molecule has 0 aliphatic rings. The topological polar surface area (TPSA) is 66.4 Å². The van der Waals surface area contributed by atoms with Crippen molar-refractivity contribution in [2.45, 2.75) is 71.4 Å². The minimum absolute atomic E-state index is 1.88. The van der Waals surface area contributed by atoms with Gasteiger partial charge < -0.3 is 5.32 Å². The molecule has 0 bridgehead atoms. The van der Waals surface area contributed by atoms with Gasteiger partial charge in [0.1, 0.15) is 0 Å². The van der Waals surface area contributed by atoms with Crippen molar-refractivity contribution in [1.29, 1.82) is 0 Å². The van der Waals surface area contributed by atoms with Crippen molar-refractivity contribution in [3.05, 3.63) is 0 Å². The summed E-state index contributed by atoms with van der Waals surface area (Å²) in [5, 5.41) is 2.75. The molecule has 0 fully saturated rings. The average molecular weight is 691 g/mol. The molecule has 0 amide bonds. The molecule has 0 saturated carbocycles. The number of rotatable bonds is 12. The molecule has 0 aliphatic heterocycles. The summed E-state index contributed by atoms with van der Waals surface area (Å²) in [6.07, 6.45) is -11.6. The largest absolute Gasteiger partial charge is 0.385 e. The van der Waals surface area contributed by atoms with Crippen LogP contribution in [0.25, 0.3) is 0 Å². The van der Waals surface area contributed by atoms with Crippen molar-refractivity contribution in [2.75, 3.05) is 14.1 Å². The maximum Gasteiger partial charge on any atom is 0.385 e. The van der Waals surface area contributed by atoms with Crippen molar-refractivity contribution in [3.8, 4) is 0 Å². The van der Waals surface area contributed by atoms with E-state index in [2.05, 4.69) is 5.32 Å². The Morgan fingerprint density at radius 2 is 0.683 bits per heavy atom. The minimum atomic E-state index is -9.38. The maximum atomic E-state index is 13.5. The van der Waals surface area contributed by atoms with Crippen molar-refractivity contribution in [3.63, 3.8) is 0 Å². The van der Waals surface area contributed by atoms with Gasteiger partial charge in [-0.15, -0.1) is 0 Å². The van der Waals surface area contributed by atoms with Crippen LogP contribution in [0.5, 0.6) is 0 Å². The molecule has 2 atom stereocenters. The van der Waals surface area contributed by atoms with Crippen LogP contribution in [0.15, 0.2) is 0 Å². The Morgan fingerprint density at radius 1 is 0.488 bits per heavy atom. The highest BCUT2D eigenvalue weighted by Crippen LogP contribution is 2.65. The van der Waals surface area contributed by atoms with Gasteiger partial charge in [-0.2, -0.15) is 87.4 Å². The van der Waals surface area contributed by atoms with Gasteiger partial charge in [-0.05, 0) is 14.1 Å². The lowest BCUT2D eigenvalue weighted by Crippen LogP contribution is -2.77. The zero-order chi connectivity index (χ0) is 34.4. The van der Waals surface area contributed by atoms with E-state index in [1.807, 2.05) is 14.1 Å². The molecular formula is C14H11F22NO3S. The van der Waals surface area contributed by atoms with Gasteiger partial charge in [-0.25, -0.2) is 17.6 Å². The second-order valence-corrected chi connectivity index (χ2v) is 8.78. The Kier molecular flexibility index (Phi) is 11.6. The molecule has 0 heterocycles. The molecule has 0 aromatic rings. The van der Waals surface area contributed by atoms with E-state index in [1.54, 1.807) is 0 Å². The van der Waals surface area contributed by atoms with Crippen LogP contribution in [-0.4, -0.2) is 98.5 Å². The molecule has 0 aromatic heterocycles. The first-order valence-electron chi connectivity index (χ1n) is 8.94. The number of alkyl halides is 22. The normalized spacial score (nSPS) is 17.2. The molecule has 2 N–H and O–H groups in total. The molecule has 0 radical (unpaired) electrons. The standard InChI is InChI=1S/C12H4F22O3S.C2H7N/c13-1(2(14)15)4(17,18)6(21,22)8(25,26)10(29,30)12(33,34)11(31,32)9(27,28)7(23,24)5(19,20)3(16)38(35,36)37;1-3-2/h1-3H,(H,35,36,37);3H,1-2H3. The van der Waals surface area contributed by atoms with Gasteiger partial charge in [0.2, 0.25) is 6.17 Å². The Labute approximate surface area is 211 Å². The second kappa shape index (κ2) is 11.4. The molecule has 0 rings (SSSR count). The van der Waals surface area contributed by atoms with E-state index in [1.165, 1.54) is 0 Å². The van der Waals surface area contributed by atoms with E-state index in [0.29, 0.717) is 0 Å². The van der Waals surface area contributed by atoms with Crippen molar-refractivity contribution in [1.82, 2.24) is 5.32 Å². The van der Waals surface area contributed by atoms with E-state index in [0.717, 1.165) is 0 Å². The van der Waals surface area contributed by atoms with E-state index >= 15 is 0 Å². The number of nitrogens with one attached hydrogen (secondary N) is 1. The molecule has 41 heavy (non-hydrogen) atoms. The van der Waals surface area contributed by atoms with Gasteiger partial charge in [0, 0.05) is 0 Å². The second-order valence-electron chi connectivity index (χ2n) is 7.33. The van der Waals surface area contributed by atoms with Crippen molar-refractivity contribution >= 4 is 10.1 Å². The third-order valence-electron chi connectivity index (χ3n) is 4.32. The summed E-state index contributed by atoms with van der Waals surface area (Å²) >= 11 is 0. The van der Waals surface area contributed by atoms with Crippen LogP contribution in [0, 0.1) is 0 Å². The van der Waals surface area contributed by atoms with Gasteiger partial charge in [-0.1, -0.05) is 0 Å². The highest BCUT2D eigenvalue weighted by molar-refractivity contribution is 7.86. The summed E-state index contributed by atoms with van der Waals surface area (Å²) in [5.74, 6) is -79.8. The fraction of sp³-hybridized carbons (Fsp3) is 1.00. The van der Waals surface area contributed by atoms with Gasteiger partial charge in [0.25, 0.3) is 11.9 Å². The Morgan fingerprint density at radius 3 is 0.878 bits per heavy atom. The molecule has 0 spiro atoms. The fourth-order valence-electron chi connectivity index (χ4n) is 2.07. The smallest absolute Gasteiger partial charge is 0.323 e. The summed E-state index contributed by atoms with van der Waals surface area (Å²) in [5.41, 5.74) is -6.19. The maximum absolute atomic E-state index is 13.5. The first kappa shape index (κ1) is 41.5. The first-order chi connectivity index (χ1) is 17.4. The highest BCUT2D eigenvalue weighted by atomic mass is 32.2. The fourth-order valence-corrected chi connectivity index (χ4v) is 2.59. The lowest BCUT2D eigenvalue weighted by atomic mass is 9.86. The number of halogens is 22. The van der Waals surface area contributed by atoms with Crippen LogP contribution in [0.2, 0.25) is 0 Å². The Balaban J connectivity index is 0. The van der Waals surface area contributed by atoms with E-state index < -0.39 is 81.5 Å². The van der Waals surface area contributed by atoms with Crippen molar-refractivity contribution < 1.29 is 110 Å². The SMILES string of the molecule is CNC.O=S(=O)(O)C(F)C(F)(F)C(F)(F)C(F)(F)C(F)(F)C(F)(F)C(F)(F)C(F)(F)C(F)(F)C(F)(F)C(F)C(F)F. The highest BCUT2D eigenvalue weighted by Gasteiger charge is 2.97. The van der Waals surface area contributed by atoms with E-state index in [4.69, 9.17) is 4.55 Å². The first-order valence-corrected chi connectivity index (χ1v) is 10.4. The van der Waals surface area contributed by atoms with Crippen LogP contribution in [-0.2, 0) is 10.1 Å². The molecule has 0 aromatic carbocycles. The minimum Gasteiger partial charge on any atom is -0.323 e. The van der Waals surface area contributed by atoms with Crippen LogP contribution < -0.4 is 5.32 Å². The molecule has 2 unspecified atom stereocenters. The summed E-state index contributed by atoms with van der Waals surface area (Å²) in [6, 6.07) is 0. The third-order valence-corrected chi connectivity index (χ3v) is 5.14. The summed E-state index contributed by atoms with van der Waals surface area (Å²) in [4.78, 5) is 0. The summed E-state index contributed by atoms with van der Waals surface area (Å²) < 4.78 is 317. The molecule has 0 saturated heterocycles.